The Balaban J connectivity index is 2.58. The maximum atomic E-state index is 12.0. The summed E-state index contributed by atoms with van der Waals surface area (Å²) in [5, 5.41) is 0. The third kappa shape index (κ3) is 7.49. The second-order valence-corrected chi connectivity index (χ2v) is 7.20. The van der Waals surface area contributed by atoms with Crippen molar-refractivity contribution < 1.29 is 14.3 Å². The number of hydrogen-bond donors (Lipinski definition) is 0. The molecule has 0 aliphatic rings. The van der Waals surface area contributed by atoms with Crippen LogP contribution < -0.4 is 4.74 Å². The van der Waals surface area contributed by atoms with Crippen molar-refractivity contribution in [1.82, 2.24) is 9.88 Å². The van der Waals surface area contributed by atoms with E-state index in [0.717, 1.165) is 17.7 Å². The summed E-state index contributed by atoms with van der Waals surface area (Å²) >= 11 is 0. The minimum Gasteiger partial charge on any atom is -0.489 e. The average molecular weight is 334 g/mol. The lowest BCUT2D eigenvalue weighted by Crippen LogP contribution is -2.39. The topological polar surface area (TPSA) is 51.7 Å². The standard InChI is InChI=1S/C19H30N2O3/c1-14(2)23-17-11-16(12-20-13-17)10-8-9-15(3)21(7)18(22)24-19(4,5)6/h8,10-15H,9H2,1-7H3. The van der Waals surface area contributed by atoms with Crippen LogP contribution in [0.1, 0.15) is 53.5 Å². The molecule has 0 N–H and O–H groups in total. The van der Waals surface area contributed by atoms with Gasteiger partial charge in [0.2, 0.25) is 0 Å². The number of carbonyl (C=O) groups is 1. The lowest BCUT2D eigenvalue weighted by Gasteiger charge is -2.28. The minimum absolute atomic E-state index is 0.0409. The second kappa shape index (κ2) is 8.71. The molecule has 1 amide bonds. The molecule has 0 aromatic carbocycles. The predicted octanol–water partition coefficient (Wildman–Crippen LogP) is 4.53. The molecule has 1 aromatic rings. The van der Waals surface area contributed by atoms with Crippen LogP contribution in [0, 0.1) is 0 Å². The third-order valence-corrected chi connectivity index (χ3v) is 3.24. The van der Waals surface area contributed by atoms with Crippen LogP contribution in [0.15, 0.2) is 24.5 Å². The maximum absolute atomic E-state index is 12.0. The zero-order chi connectivity index (χ0) is 18.3. The summed E-state index contributed by atoms with van der Waals surface area (Å²) in [6.45, 7) is 11.5. The zero-order valence-corrected chi connectivity index (χ0v) is 15.9. The number of carbonyl (C=O) groups excluding carboxylic acids is 1. The summed E-state index contributed by atoms with van der Waals surface area (Å²) in [7, 11) is 1.76. The molecule has 1 unspecified atom stereocenters. The lowest BCUT2D eigenvalue weighted by atomic mass is 10.1. The number of rotatable bonds is 6. The molecular weight excluding hydrogens is 304 g/mol. The molecule has 1 heterocycles. The number of nitrogens with zero attached hydrogens (tertiary/aromatic N) is 2. The van der Waals surface area contributed by atoms with E-state index in [-0.39, 0.29) is 18.2 Å². The molecule has 0 aliphatic carbocycles. The van der Waals surface area contributed by atoms with Gasteiger partial charge in [0.1, 0.15) is 11.4 Å². The Morgan fingerprint density at radius 3 is 2.54 bits per heavy atom. The molecule has 0 radical (unpaired) electrons. The van der Waals surface area contributed by atoms with Crippen molar-refractivity contribution in [2.24, 2.45) is 0 Å². The second-order valence-electron chi connectivity index (χ2n) is 7.20. The van der Waals surface area contributed by atoms with Gasteiger partial charge in [0.15, 0.2) is 0 Å². The molecule has 1 atom stereocenters. The van der Waals surface area contributed by atoms with Crippen molar-refractivity contribution in [3.05, 3.63) is 30.1 Å². The Hall–Kier alpha value is -2.04. The van der Waals surface area contributed by atoms with Crippen LogP contribution in [-0.4, -0.2) is 40.8 Å². The highest BCUT2D eigenvalue weighted by molar-refractivity contribution is 5.68. The summed E-state index contributed by atoms with van der Waals surface area (Å²) < 4.78 is 11.0. The highest BCUT2D eigenvalue weighted by atomic mass is 16.6. The highest BCUT2D eigenvalue weighted by Crippen LogP contribution is 2.15. The van der Waals surface area contributed by atoms with E-state index in [4.69, 9.17) is 9.47 Å². The van der Waals surface area contributed by atoms with Gasteiger partial charge in [0.25, 0.3) is 0 Å². The number of hydrogen-bond acceptors (Lipinski definition) is 4. The molecule has 24 heavy (non-hydrogen) atoms. The maximum Gasteiger partial charge on any atom is 0.410 e. The van der Waals surface area contributed by atoms with Gasteiger partial charge in [-0.1, -0.05) is 12.2 Å². The van der Waals surface area contributed by atoms with E-state index < -0.39 is 5.60 Å². The molecule has 1 rings (SSSR count). The van der Waals surface area contributed by atoms with Gasteiger partial charge in [-0.25, -0.2) is 4.79 Å². The molecule has 0 fully saturated rings. The Kier molecular flexibility index (Phi) is 7.26. The number of amides is 1. The van der Waals surface area contributed by atoms with Crippen molar-refractivity contribution in [2.75, 3.05) is 7.05 Å². The lowest BCUT2D eigenvalue weighted by molar-refractivity contribution is 0.0238. The van der Waals surface area contributed by atoms with Gasteiger partial charge >= 0.3 is 6.09 Å². The van der Waals surface area contributed by atoms with Crippen LogP contribution >= 0.6 is 0 Å². The Labute approximate surface area is 145 Å². The van der Waals surface area contributed by atoms with Crippen LogP contribution in [-0.2, 0) is 4.74 Å². The molecule has 5 heteroatoms. The summed E-state index contributed by atoms with van der Waals surface area (Å²) in [5.74, 6) is 0.756. The van der Waals surface area contributed by atoms with Gasteiger partial charge in [0.05, 0.1) is 12.3 Å². The normalized spacial score (nSPS) is 13.2. The molecule has 5 nitrogen and oxygen atoms in total. The van der Waals surface area contributed by atoms with Crippen LogP contribution in [0.4, 0.5) is 4.79 Å². The molecule has 1 aromatic heterocycles. The van der Waals surface area contributed by atoms with Crippen LogP contribution in [0.5, 0.6) is 5.75 Å². The van der Waals surface area contributed by atoms with Crippen molar-refractivity contribution in [3.63, 3.8) is 0 Å². The van der Waals surface area contributed by atoms with E-state index in [1.54, 1.807) is 24.3 Å². The van der Waals surface area contributed by atoms with E-state index in [9.17, 15) is 4.79 Å². The fraction of sp³-hybridized carbons (Fsp3) is 0.579. The SMILES string of the molecule is CC(C)Oc1cncc(C=CCC(C)N(C)C(=O)OC(C)(C)C)c1. The molecular formula is C19H30N2O3. The minimum atomic E-state index is -0.483. The van der Waals surface area contributed by atoms with Crippen molar-refractivity contribution in [1.29, 1.82) is 0 Å². The van der Waals surface area contributed by atoms with Gasteiger partial charge in [-0.2, -0.15) is 0 Å². The fourth-order valence-corrected chi connectivity index (χ4v) is 1.94. The molecule has 0 bridgehead atoms. The summed E-state index contributed by atoms with van der Waals surface area (Å²) in [5.41, 5.74) is 0.490. The zero-order valence-electron chi connectivity index (χ0n) is 15.9. The summed E-state index contributed by atoms with van der Waals surface area (Å²) in [6.07, 6.45) is 8.04. The molecule has 134 valence electrons. The molecule has 0 aliphatic heterocycles. The monoisotopic (exact) mass is 334 g/mol. The van der Waals surface area contributed by atoms with Crippen molar-refractivity contribution >= 4 is 12.2 Å². The number of aromatic nitrogens is 1. The van der Waals surface area contributed by atoms with Crippen LogP contribution in [0.25, 0.3) is 6.08 Å². The van der Waals surface area contributed by atoms with E-state index in [1.165, 1.54) is 0 Å². The summed E-state index contributed by atoms with van der Waals surface area (Å²) in [6, 6.07) is 1.99. The van der Waals surface area contributed by atoms with Gasteiger partial charge in [-0.05, 0) is 59.6 Å². The predicted molar refractivity (Wildman–Crippen MR) is 97.1 cm³/mol. The first-order valence-corrected chi connectivity index (χ1v) is 8.32. The Morgan fingerprint density at radius 1 is 1.29 bits per heavy atom. The molecule has 0 saturated carbocycles. The highest BCUT2D eigenvalue weighted by Gasteiger charge is 2.22. The first-order chi connectivity index (χ1) is 11.1. The first-order valence-electron chi connectivity index (χ1n) is 8.32. The molecule has 0 spiro atoms. The average Bonchev–Trinajstić information content (AvgIpc) is 2.44. The van der Waals surface area contributed by atoms with Gasteiger partial charge in [0, 0.05) is 19.3 Å². The fourth-order valence-electron chi connectivity index (χ4n) is 1.94. The Morgan fingerprint density at radius 2 is 1.96 bits per heavy atom. The number of pyridine rings is 1. The Bertz CT molecular complexity index is 562. The third-order valence-electron chi connectivity index (χ3n) is 3.24. The van der Waals surface area contributed by atoms with E-state index >= 15 is 0 Å². The van der Waals surface area contributed by atoms with Crippen LogP contribution in [0.3, 0.4) is 0 Å². The van der Waals surface area contributed by atoms with E-state index in [1.807, 2.05) is 59.8 Å². The van der Waals surface area contributed by atoms with Gasteiger partial charge in [-0.3, -0.25) is 4.98 Å². The van der Waals surface area contributed by atoms with Crippen molar-refractivity contribution in [3.8, 4) is 5.75 Å². The van der Waals surface area contributed by atoms with Gasteiger partial charge < -0.3 is 14.4 Å². The molecule has 0 saturated heterocycles. The summed E-state index contributed by atoms with van der Waals surface area (Å²) in [4.78, 5) is 17.8. The number of ether oxygens (including phenoxy) is 2. The van der Waals surface area contributed by atoms with E-state index in [0.29, 0.717) is 0 Å². The smallest absolute Gasteiger partial charge is 0.410 e. The van der Waals surface area contributed by atoms with Crippen LogP contribution in [0.2, 0.25) is 0 Å². The van der Waals surface area contributed by atoms with Crippen molar-refractivity contribution in [2.45, 2.75) is 65.7 Å². The quantitative estimate of drug-likeness (QED) is 0.767. The van der Waals surface area contributed by atoms with Gasteiger partial charge in [-0.15, -0.1) is 0 Å². The first kappa shape index (κ1) is 20.0. The largest absolute Gasteiger partial charge is 0.489 e. The van der Waals surface area contributed by atoms with E-state index in [2.05, 4.69) is 4.98 Å².